The molecule has 0 aromatic carbocycles. The maximum Gasteiger partial charge on any atom is 0.305 e. The van der Waals surface area contributed by atoms with Gasteiger partial charge in [0.05, 0.1) is 6.42 Å². The minimum absolute atomic E-state index is 0.00617. The van der Waals surface area contributed by atoms with E-state index in [1.807, 2.05) is 6.92 Å². The second kappa shape index (κ2) is 8.03. The molecule has 9 nitrogen and oxygen atoms in total. The molecule has 1 aromatic rings. The lowest BCUT2D eigenvalue weighted by molar-refractivity contribution is -0.136. The number of carboxylic acid groups (broad SMARTS) is 1. The maximum absolute atomic E-state index is 10.4. The summed E-state index contributed by atoms with van der Waals surface area (Å²) in [6.07, 6.45) is -0.00617. The molecule has 0 saturated carbocycles. The zero-order valence-electron chi connectivity index (χ0n) is 10.8. The minimum atomic E-state index is -0.880. The second-order valence-corrected chi connectivity index (χ2v) is 3.62. The number of anilines is 3. The van der Waals surface area contributed by atoms with Crippen LogP contribution in [0.3, 0.4) is 0 Å². The Morgan fingerprint density at radius 2 is 1.63 bits per heavy atom. The second-order valence-electron chi connectivity index (χ2n) is 3.62. The number of carbonyl (C=O) groups is 1. The average molecular weight is 269 g/mol. The highest BCUT2D eigenvalue weighted by atomic mass is 16.4. The van der Waals surface area contributed by atoms with Crippen molar-refractivity contribution in [2.24, 2.45) is 5.73 Å². The molecule has 0 radical (unpaired) electrons. The third-order valence-corrected chi connectivity index (χ3v) is 2.02. The van der Waals surface area contributed by atoms with E-state index in [1.165, 1.54) is 0 Å². The molecule has 0 aliphatic heterocycles. The monoisotopic (exact) mass is 269 g/mol. The van der Waals surface area contributed by atoms with Gasteiger partial charge in [-0.2, -0.15) is 15.0 Å². The van der Waals surface area contributed by atoms with E-state index in [0.717, 1.165) is 0 Å². The molecule has 0 aliphatic rings. The van der Waals surface area contributed by atoms with Crippen molar-refractivity contribution < 1.29 is 9.90 Å². The molecule has 19 heavy (non-hydrogen) atoms. The van der Waals surface area contributed by atoms with Gasteiger partial charge in [0.2, 0.25) is 17.8 Å². The summed E-state index contributed by atoms with van der Waals surface area (Å²) in [5, 5.41) is 17.3. The first-order chi connectivity index (χ1) is 9.15. The molecule has 9 heteroatoms. The Balaban J connectivity index is 2.71. The van der Waals surface area contributed by atoms with Crippen LogP contribution in [0.2, 0.25) is 0 Å². The van der Waals surface area contributed by atoms with Crippen LogP contribution in [0.15, 0.2) is 0 Å². The Labute approximate surface area is 111 Å². The molecule has 0 saturated heterocycles. The molecular weight excluding hydrogens is 250 g/mol. The Hall–Kier alpha value is -2.16. The third-order valence-electron chi connectivity index (χ3n) is 2.02. The lowest BCUT2D eigenvalue weighted by Crippen LogP contribution is -2.18. The molecule has 0 atom stereocenters. The number of nitrogens with one attached hydrogen (secondary N) is 3. The molecule has 0 fully saturated rings. The van der Waals surface area contributed by atoms with E-state index < -0.39 is 5.97 Å². The first-order valence-electron chi connectivity index (χ1n) is 6.05. The summed E-state index contributed by atoms with van der Waals surface area (Å²) >= 11 is 0. The summed E-state index contributed by atoms with van der Waals surface area (Å²) in [5.41, 5.74) is 5.39. The molecule has 6 N–H and O–H groups in total. The van der Waals surface area contributed by atoms with Gasteiger partial charge in [-0.25, -0.2) is 0 Å². The molecule has 1 aromatic heterocycles. The normalized spacial score (nSPS) is 10.0. The van der Waals surface area contributed by atoms with Crippen molar-refractivity contribution in [2.75, 3.05) is 42.1 Å². The van der Waals surface area contributed by atoms with Crippen molar-refractivity contribution in [3.63, 3.8) is 0 Å². The number of hydrogen-bond acceptors (Lipinski definition) is 8. The van der Waals surface area contributed by atoms with E-state index in [9.17, 15) is 4.79 Å². The molecule has 106 valence electrons. The number of nitrogens with zero attached hydrogens (tertiary/aromatic N) is 3. The van der Waals surface area contributed by atoms with Crippen molar-refractivity contribution in [3.05, 3.63) is 0 Å². The summed E-state index contributed by atoms with van der Waals surface area (Å²) < 4.78 is 0. The molecule has 0 aliphatic carbocycles. The van der Waals surface area contributed by atoms with Crippen molar-refractivity contribution in [2.45, 2.75) is 13.3 Å². The van der Waals surface area contributed by atoms with Gasteiger partial charge in [-0.3, -0.25) is 4.79 Å². The van der Waals surface area contributed by atoms with Crippen LogP contribution >= 0.6 is 0 Å². The summed E-state index contributed by atoms with van der Waals surface area (Å²) in [6, 6.07) is 0. The highest BCUT2D eigenvalue weighted by Crippen LogP contribution is 2.08. The molecule has 0 spiro atoms. The molecule has 1 rings (SSSR count). The number of aliphatic carboxylic acids is 1. The Bertz CT molecular complexity index is 413. The minimum Gasteiger partial charge on any atom is -0.481 e. The van der Waals surface area contributed by atoms with Crippen molar-refractivity contribution in [1.82, 2.24) is 15.0 Å². The van der Waals surface area contributed by atoms with Crippen molar-refractivity contribution >= 4 is 23.8 Å². The summed E-state index contributed by atoms with van der Waals surface area (Å²) in [7, 11) is 0. The quantitative estimate of drug-likeness (QED) is 0.403. The van der Waals surface area contributed by atoms with Crippen LogP contribution in [0.4, 0.5) is 17.8 Å². The predicted molar refractivity (Wildman–Crippen MR) is 72.3 cm³/mol. The standard InChI is InChI=1S/C10H19N7O2/c1-2-12-8-15-9(13-5-3-7(18)19)17-10(16-8)14-6-4-11/h2-6,11H2,1H3,(H,18,19)(H3,12,13,14,15,16,17). The van der Waals surface area contributed by atoms with E-state index in [2.05, 4.69) is 30.9 Å². The molecule has 0 unspecified atom stereocenters. The van der Waals surface area contributed by atoms with E-state index >= 15 is 0 Å². The summed E-state index contributed by atoms with van der Waals surface area (Å²) in [4.78, 5) is 22.8. The number of nitrogens with two attached hydrogens (primary N) is 1. The van der Waals surface area contributed by atoms with E-state index in [0.29, 0.717) is 37.5 Å². The fraction of sp³-hybridized carbons (Fsp3) is 0.600. The van der Waals surface area contributed by atoms with Gasteiger partial charge in [-0.05, 0) is 6.92 Å². The highest BCUT2D eigenvalue weighted by molar-refractivity contribution is 5.67. The number of aromatic nitrogens is 3. The number of rotatable bonds is 9. The molecule has 0 amide bonds. The Kier molecular flexibility index (Phi) is 6.30. The van der Waals surface area contributed by atoms with Crippen LogP contribution in [-0.4, -0.2) is 52.2 Å². The van der Waals surface area contributed by atoms with E-state index in [4.69, 9.17) is 10.8 Å². The number of hydrogen-bond donors (Lipinski definition) is 5. The SMILES string of the molecule is CCNc1nc(NCCN)nc(NCCC(=O)O)n1. The summed E-state index contributed by atoms with van der Waals surface area (Å²) in [6.45, 7) is 3.86. The van der Waals surface area contributed by atoms with Crippen LogP contribution < -0.4 is 21.7 Å². The molecule has 1 heterocycles. The predicted octanol–water partition coefficient (Wildman–Crippen LogP) is -0.439. The maximum atomic E-state index is 10.4. The van der Waals surface area contributed by atoms with Crippen LogP contribution in [0.1, 0.15) is 13.3 Å². The highest BCUT2D eigenvalue weighted by Gasteiger charge is 2.06. The van der Waals surface area contributed by atoms with Gasteiger partial charge in [0.1, 0.15) is 0 Å². The number of carboxylic acids is 1. The van der Waals surface area contributed by atoms with Crippen LogP contribution in [-0.2, 0) is 4.79 Å². The average Bonchev–Trinajstić information content (AvgIpc) is 2.36. The fourth-order valence-electron chi connectivity index (χ4n) is 1.24. The lowest BCUT2D eigenvalue weighted by Gasteiger charge is -2.09. The van der Waals surface area contributed by atoms with Crippen LogP contribution in [0.25, 0.3) is 0 Å². The Morgan fingerprint density at radius 1 is 1.11 bits per heavy atom. The van der Waals surface area contributed by atoms with Gasteiger partial charge in [0.25, 0.3) is 0 Å². The molecular formula is C10H19N7O2. The van der Waals surface area contributed by atoms with Gasteiger partial charge in [-0.1, -0.05) is 0 Å². The first-order valence-corrected chi connectivity index (χ1v) is 6.05. The summed E-state index contributed by atoms with van der Waals surface area (Å²) in [5.74, 6) is 0.269. The lowest BCUT2D eigenvalue weighted by atomic mass is 10.4. The van der Waals surface area contributed by atoms with Crippen molar-refractivity contribution in [1.29, 1.82) is 0 Å². The van der Waals surface area contributed by atoms with Gasteiger partial charge in [0.15, 0.2) is 0 Å². The van der Waals surface area contributed by atoms with Gasteiger partial charge in [0, 0.05) is 26.2 Å². The zero-order chi connectivity index (χ0) is 14.1. The van der Waals surface area contributed by atoms with Gasteiger partial charge >= 0.3 is 5.97 Å². The third kappa shape index (κ3) is 5.82. The topological polar surface area (TPSA) is 138 Å². The smallest absolute Gasteiger partial charge is 0.305 e. The van der Waals surface area contributed by atoms with Gasteiger partial charge in [-0.15, -0.1) is 0 Å². The zero-order valence-corrected chi connectivity index (χ0v) is 10.8. The van der Waals surface area contributed by atoms with Gasteiger partial charge < -0.3 is 26.8 Å². The molecule has 0 bridgehead atoms. The van der Waals surface area contributed by atoms with E-state index in [-0.39, 0.29) is 13.0 Å². The van der Waals surface area contributed by atoms with Crippen molar-refractivity contribution in [3.8, 4) is 0 Å². The van der Waals surface area contributed by atoms with Crippen LogP contribution in [0.5, 0.6) is 0 Å². The first kappa shape index (κ1) is 14.9. The Morgan fingerprint density at radius 3 is 2.11 bits per heavy atom. The fourth-order valence-corrected chi connectivity index (χ4v) is 1.24. The van der Waals surface area contributed by atoms with Crippen LogP contribution in [0, 0.1) is 0 Å². The largest absolute Gasteiger partial charge is 0.481 e. The van der Waals surface area contributed by atoms with E-state index in [1.54, 1.807) is 0 Å².